The van der Waals surface area contributed by atoms with Crippen molar-refractivity contribution in [3.63, 3.8) is 0 Å². The lowest BCUT2D eigenvalue weighted by Gasteiger charge is -2.38. The summed E-state index contributed by atoms with van der Waals surface area (Å²) in [6.07, 6.45) is -17.2. The topological polar surface area (TPSA) is 314 Å². The number of aromatic amines is 1. The minimum Gasteiger partial charge on any atom is -0.479 e. The fraction of sp³-hybridized carbons (Fsp3) is 0.667. The maximum atomic E-state index is 12.2. The lowest BCUT2D eigenvalue weighted by molar-refractivity contribution is -0.274. The highest BCUT2D eigenvalue weighted by Gasteiger charge is 2.51. The molecular formula is C15H22N2O18P2. The second-order valence-electron chi connectivity index (χ2n) is 7.72. The highest BCUT2D eigenvalue weighted by molar-refractivity contribution is 7.61. The van der Waals surface area contributed by atoms with Crippen molar-refractivity contribution in [1.29, 1.82) is 0 Å². The zero-order chi connectivity index (χ0) is 27.9. The van der Waals surface area contributed by atoms with Gasteiger partial charge in [0.15, 0.2) is 18.6 Å². The van der Waals surface area contributed by atoms with E-state index in [4.69, 9.17) is 9.84 Å². The summed E-state index contributed by atoms with van der Waals surface area (Å²) in [7, 11) is -11.3. The first kappa shape index (κ1) is 29.7. The normalized spacial score (nSPS) is 37.5. The molecule has 2 saturated heterocycles. The van der Waals surface area contributed by atoms with Crippen LogP contribution >= 0.6 is 15.6 Å². The van der Waals surface area contributed by atoms with Crippen LogP contribution in [-0.4, -0.2) is 112 Å². The van der Waals surface area contributed by atoms with E-state index in [1.807, 2.05) is 4.98 Å². The quantitative estimate of drug-likeness (QED) is 0.124. The summed E-state index contributed by atoms with van der Waals surface area (Å²) in [5.41, 5.74) is -1.78. The van der Waals surface area contributed by atoms with Crippen molar-refractivity contribution >= 4 is 21.6 Å². The van der Waals surface area contributed by atoms with Gasteiger partial charge in [-0.05, 0) is 0 Å². The summed E-state index contributed by atoms with van der Waals surface area (Å²) in [6, 6.07) is 0.910. The number of aliphatic carboxylic acids is 1. The van der Waals surface area contributed by atoms with Gasteiger partial charge in [0, 0.05) is 12.3 Å². The molecule has 0 spiro atoms. The molecule has 5 unspecified atom stereocenters. The van der Waals surface area contributed by atoms with Crippen molar-refractivity contribution in [1.82, 2.24) is 9.55 Å². The summed E-state index contributed by atoms with van der Waals surface area (Å²) in [5.74, 6) is -1.85. The van der Waals surface area contributed by atoms with E-state index in [0.717, 1.165) is 12.3 Å². The van der Waals surface area contributed by atoms with E-state index >= 15 is 0 Å². The zero-order valence-electron chi connectivity index (χ0n) is 18.1. The molecule has 210 valence electrons. The number of H-pyrrole nitrogens is 1. The first-order chi connectivity index (χ1) is 17.0. The average molecular weight is 580 g/mol. The molecule has 3 rings (SSSR count). The van der Waals surface area contributed by atoms with Gasteiger partial charge in [-0.25, -0.2) is 18.7 Å². The molecule has 1 aromatic heterocycles. The third-order valence-electron chi connectivity index (χ3n) is 5.12. The fourth-order valence-corrected chi connectivity index (χ4v) is 5.49. The van der Waals surface area contributed by atoms with E-state index in [9.17, 15) is 58.8 Å². The molecule has 0 amide bonds. The van der Waals surface area contributed by atoms with E-state index in [2.05, 4.69) is 18.1 Å². The number of nitrogens with zero attached hydrogens (tertiary/aromatic N) is 1. The molecule has 3 heterocycles. The number of nitrogens with one attached hydrogen (secondary N) is 1. The third-order valence-corrected chi connectivity index (χ3v) is 7.72. The van der Waals surface area contributed by atoms with E-state index in [1.165, 1.54) is 0 Å². The Bertz CT molecular complexity index is 1200. The lowest BCUT2D eigenvalue weighted by atomic mass is 9.99. The van der Waals surface area contributed by atoms with Gasteiger partial charge in [-0.3, -0.25) is 23.4 Å². The number of aromatic nitrogens is 2. The third kappa shape index (κ3) is 6.77. The average Bonchev–Trinajstić information content (AvgIpc) is 3.05. The van der Waals surface area contributed by atoms with Crippen LogP contribution < -0.4 is 11.2 Å². The van der Waals surface area contributed by atoms with Crippen LogP contribution in [0.3, 0.4) is 0 Å². The summed E-state index contributed by atoms with van der Waals surface area (Å²) < 4.78 is 47.6. The van der Waals surface area contributed by atoms with Crippen LogP contribution in [0, 0.1) is 0 Å². The van der Waals surface area contributed by atoms with Crippen LogP contribution in [0.5, 0.6) is 0 Å². The Hall–Kier alpha value is -1.87. The van der Waals surface area contributed by atoms with Gasteiger partial charge in [0.25, 0.3) is 5.56 Å². The molecule has 0 aromatic carbocycles. The molecule has 0 bridgehead atoms. The van der Waals surface area contributed by atoms with Crippen LogP contribution in [0.25, 0.3) is 0 Å². The fourth-order valence-electron chi connectivity index (χ4n) is 3.34. The maximum Gasteiger partial charge on any atom is 0.483 e. The van der Waals surface area contributed by atoms with Gasteiger partial charge in [0.1, 0.15) is 36.6 Å². The van der Waals surface area contributed by atoms with E-state index in [1.54, 1.807) is 0 Å². The Balaban J connectivity index is 1.63. The van der Waals surface area contributed by atoms with E-state index in [0.29, 0.717) is 4.57 Å². The molecule has 1 aromatic rings. The lowest BCUT2D eigenvalue weighted by Crippen LogP contribution is -2.60. The van der Waals surface area contributed by atoms with Crippen molar-refractivity contribution in [2.24, 2.45) is 0 Å². The maximum absolute atomic E-state index is 12.2. The molecule has 22 heteroatoms. The van der Waals surface area contributed by atoms with Crippen molar-refractivity contribution in [3.8, 4) is 0 Å². The van der Waals surface area contributed by atoms with Gasteiger partial charge < -0.3 is 49.9 Å². The predicted molar refractivity (Wildman–Crippen MR) is 109 cm³/mol. The molecule has 9 N–H and O–H groups in total. The Morgan fingerprint density at radius 1 is 0.973 bits per heavy atom. The van der Waals surface area contributed by atoms with Gasteiger partial charge in [-0.2, -0.15) is 4.31 Å². The molecule has 0 aliphatic carbocycles. The molecule has 11 atom stereocenters. The summed E-state index contributed by atoms with van der Waals surface area (Å²) >= 11 is 0. The van der Waals surface area contributed by atoms with Gasteiger partial charge in [-0.15, -0.1) is 0 Å². The number of hydrogen-bond donors (Lipinski definition) is 9. The molecule has 20 nitrogen and oxygen atoms in total. The van der Waals surface area contributed by atoms with Gasteiger partial charge >= 0.3 is 27.3 Å². The van der Waals surface area contributed by atoms with E-state index in [-0.39, 0.29) is 0 Å². The molecule has 0 saturated carbocycles. The van der Waals surface area contributed by atoms with Crippen molar-refractivity contribution < 1.29 is 77.2 Å². The highest BCUT2D eigenvalue weighted by Crippen LogP contribution is 2.61. The van der Waals surface area contributed by atoms with Crippen LogP contribution in [-0.2, 0) is 36.8 Å². The molecule has 2 aliphatic rings. The summed E-state index contributed by atoms with van der Waals surface area (Å²) in [5, 5.41) is 58.3. The van der Waals surface area contributed by atoms with Crippen LogP contribution in [0.4, 0.5) is 0 Å². The Morgan fingerprint density at radius 3 is 2.22 bits per heavy atom. The zero-order valence-corrected chi connectivity index (χ0v) is 19.8. The second kappa shape index (κ2) is 11.1. The van der Waals surface area contributed by atoms with Crippen molar-refractivity contribution in [3.05, 3.63) is 33.1 Å². The molecular weight excluding hydrogens is 558 g/mol. The Morgan fingerprint density at radius 2 is 1.62 bits per heavy atom. The first-order valence-electron chi connectivity index (χ1n) is 9.98. The van der Waals surface area contributed by atoms with Crippen molar-refractivity contribution in [2.75, 3.05) is 6.61 Å². The number of aliphatic hydroxyl groups excluding tert-OH is 5. The number of ether oxygens (including phenoxy) is 2. The van der Waals surface area contributed by atoms with Gasteiger partial charge in [-0.1, -0.05) is 0 Å². The number of aliphatic hydroxyl groups is 5. The van der Waals surface area contributed by atoms with Gasteiger partial charge in [0.2, 0.25) is 0 Å². The number of hydrogen-bond acceptors (Lipinski definition) is 15. The number of phosphoric acid groups is 2. The first-order valence-corrected chi connectivity index (χ1v) is 13.0. The predicted octanol–water partition coefficient (Wildman–Crippen LogP) is -4.70. The number of carboxylic acids is 1. The number of rotatable bonds is 9. The number of phosphoric ester groups is 2. The standard InChI is InChI=1S/C15H22N2O18P2/c18-5-1-2-17(15(26)16-5)12-9(22)6(19)4(32-12)3-31-36(27,28)35-37(29,30)34-14-10(23)7(20)8(21)11(33-14)13(24)25/h1-2,4,6-12,14,19-23H,3H2,(H,24,25)(H,27,28)(H,29,30)(H,16,18,26)/t4-,6?,7-,8+,9+,10?,11?,12-,14-/m1/s1. The Kier molecular flexibility index (Phi) is 8.89. The Labute approximate surface area is 204 Å². The monoisotopic (exact) mass is 580 g/mol. The minimum absolute atomic E-state index is 0.700. The smallest absolute Gasteiger partial charge is 0.479 e. The van der Waals surface area contributed by atoms with Gasteiger partial charge in [0.05, 0.1) is 6.61 Å². The minimum atomic E-state index is -5.72. The summed E-state index contributed by atoms with van der Waals surface area (Å²) in [6.45, 7) is -1.07. The van der Waals surface area contributed by atoms with Crippen molar-refractivity contribution in [2.45, 2.75) is 55.2 Å². The number of carboxylic acid groups (broad SMARTS) is 1. The molecule has 2 fully saturated rings. The summed E-state index contributed by atoms with van der Waals surface area (Å²) in [4.78, 5) is 55.5. The highest BCUT2D eigenvalue weighted by atomic mass is 31.3. The SMILES string of the molecule is O=C(O)C1O[C@H](OP(=O)(O)OP(=O)(O)OC[C@H]2O[C@@H](n3ccc(=O)[nH]c3=O)[C@@H](O)C2O)C(O)[C@H](O)[C@@H]1O. The molecule has 37 heavy (non-hydrogen) atoms. The second-order valence-corrected chi connectivity index (χ2v) is 10.7. The van der Waals surface area contributed by atoms with Crippen LogP contribution in [0.2, 0.25) is 0 Å². The molecule has 2 aliphatic heterocycles. The number of carbonyl (C=O) groups is 1. The van der Waals surface area contributed by atoms with Crippen LogP contribution in [0.15, 0.2) is 21.9 Å². The van der Waals surface area contributed by atoms with Crippen LogP contribution in [0.1, 0.15) is 6.23 Å². The van der Waals surface area contributed by atoms with E-state index < -0.39 is 94.7 Å². The largest absolute Gasteiger partial charge is 0.483 e. The molecule has 0 radical (unpaired) electrons.